The van der Waals surface area contributed by atoms with E-state index in [0.29, 0.717) is 31.0 Å². The summed E-state index contributed by atoms with van der Waals surface area (Å²) in [5.74, 6) is 2.31. The highest BCUT2D eigenvalue weighted by molar-refractivity contribution is 5.94. The number of anilines is 1. The van der Waals surface area contributed by atoms with E-state index in [1.54, 1.807) is 4.52 Å². The molecule has 3 heterocycles. The summed E-state index contributed by atoms with van der Waals surface area (Å²) < 4.78 is 7.25. The standard InChI is InChI=1S/C19H22N6O2/c1-3-27-16-6-4-5-15(12-16)18(26)24-9-7-23(8-10-24)17-11-14(2)22-19-20-13-21-25(17)19/h4-6,11-13H,3,7-10H2,1-2H3. The molecule has 8 nitrogen and oxygen atoms in total. The Balaban J connectivity index is 1.48. The predicted molar refractivity (Wildman–Crippen MR) is 101 cm³/mol. The normalized spacial score (nSPS) is 14.6. The lowest BCUT2D eigenvalue weighted by molar-refractivity contribution is 0.0746. The van der Waals surface area contributed by atoms with E-state index in [9.17, 15) is 4.79 Å². The van der Waals surface area contributed by atoms with Crippen LogP contribution in [-0.2, 0) is 0 Å². The number of piperazine rings is 1. The molecule has 1 amide bonds. The number of ether oxygens (including phenoxy) is 1. The molecule has 1 aliphatic heterocycles. The molecule has 1 aromatic carbocycles. The third-order valence-corrected chi connectivity index (χ3v) is 4.64. The maximum Gasteiger partial charge on any atom is 0.254 e. The van der Waals surface area contributed by atoms with Crippen LogP contribution in [0.3, 0.4) is 0 Å². The van der Waals surface area contributed by atoms with Crippen LogP contribution in [0.2, 0.25) is 0 Å². The first-order chi connectivity index (χ1) is 13.2. The number of hydrogen-bond acceptors (Lipinski definition) is 6. The second-order valence-corrected chi connectivity index (χ2v) is 6.47. The molecular weight excluding hydrogens is 344 g/mol. The van der Waals surface area contributed by atoms with Crippen molar-refractivity contribution in [2.45, 2.75) is 13.8 Å². The Labute approximate surface area is 157 Å². The lowest BCUT2D eigenvalue weighted by atomic mass is 10.1. The molecule has 3 aromatic rings. The van der Waals surface area contributed by atoms with Crippen molar-refractivity contribution in [1.29, 1.82) is 0 Å². The summed E-state index contributed by atoms with van der Waals surface area (Å²) in [5.41, 5.74) is 1.56. The number of aromatic nitrogens is 4. The zero-order chi connectivity index (χ0) is 18.8. The van der Waals surface area contributed by atoms with Gasteiger partial charge in [0.1, 0.15) is 17.9 Å². The molecule has 1 aliphatic rings. The van der Waals surface area contributed by atoms with E-state index in [-0.39, 0.29) is 5.91 Å². The minimum Gasteiger partial charge on any atom is -0.494 e. The van der Waals surface area contributed by atoms with Crippen LogP contribution in [0.4, 0.5) is 5.82 Å². The van der Waals surface area contributed by atoms with E-state index < -0.39 is 0 Å². The molecule has 0 radical (unpaired) electrons. The van der Waals surface area contributed by atoms with Crippen LogP contribution in [0.1, 0.15) is 23.0 Å². The van der Waals surface area contributed by atoms with E-state index in [1.165, 1.54) is 6.33 Å². The van der Waals surface area contributed by atoms with E-state index in [2.05, 4.69) is 20.0 Å². The Bertz CT molecular complexity index is 962. The van der Waals surface area contributed by atoms with Gasteiger partial charge in [-0.15, -0.1) is 0 Å². The van der Waals surface area contributed by atoms with Crippen LogP contribution in [0, 0.1) is 6.92 Å². The molecule has 0 aliphatic carbocycles. The van der Waals surface area contributed by atoms with Crippen molar-refractivity contribution in [2.24, 2.45) is 0 Å². The van der Waals surface area contributed by atoms with E-state index >= 15 is 0 Å². The topological polar surface area (TPSA) is 75.9 Å². The summed E-state index contributed by atoms with van der Waals surface area (Å²) >= 11 is 0. The van der Waals surface area contributed by atoms with Gasteiger partial charge in [-0.25, -0.2) is 4.98 Å². The fourth-order valence-corrected chi connectivity index (χ4v) is 3.34. The number of amides is 1. The number of rotatable bonds is 4. The maximum absolute atomic E-state index is 12.8. The van der Waals surface area contributed by atoms with E-state index in [1.807, 2.05) is 49.1 Å². The van der Waals surface area contributed by atoms with Crippen LogP contribution in [0.25, 0.3) is 5.78 Å². The first-order valence-corrected chi connectivity index (χ1v) is 9.10. The molecule has 0 unspecified atom stereocenters. The van der Waals surface area contributed by atoms with Crippen LogP contribution in [0.5, 0.6) is 5.75 Å². The smallest absolute Gasteiger partial charge is 0.254 e. The second-order valence-electron chi connectivity index (χ2n) is 6.47. The number of carbonyl (C=O) groups excluding carboxylic acids is 1. The van der Waals surface area contributed by atoms with Crippen LogP contribution >= 0.6 is 0 Å². The lowest BCUT2D eigenvalue weighted by Gasteiger charge is -2.36. The highest BCUT2D eigenvalue weighted by atomic mass is 16.5. The molecule has 0 atom stereocenters. The highest BCUT2D eigenvalue weighted by Gasteiger charge is 2.24. The van der Waals surface area contributed by atoms with Gasteiger partial charge in [-0.1, -0.05) is 6.07 Å². The van der Waals surface area contributed by atoms with Gasteiger partial charge in [0, 0.05) is 43.5 Å². The Morgan fingerprint density at radius 3 is 2.78 bits per heavy atom. The quantitative estimate of drug-likeness (QED) is 0.701. The van der Waals surface area contributed by atoms with Crippen molar-refractivity contribution >= 4 is 17.5 Å². The van der Waals surface area contributed by atoms with Crippen molar-refractivity contribution in [3.63, 3.8) is 0 Å². The van der Waals surface area contributed by atoms with Crippen molar-refractivity contribution in [2.75, 3.05) is 37.7 Å². The summed E-state index contributed by atoms with van der Waals surface area (Å²) in [6.07, 6.45) is 1.51. The summed E-state index contributed by atoms with van der Waals surface area (Å²) in [6, 6.07) is 9.37. The monoisotopic (exact) mass is 366 g/mol. The molecule has 2 aromatic heterocycles. The lowest BCUT2D eigenvalue weighted by Crippen LogP contribution is -2.49. The van der Waals surface area contributed by atoms with E-state index in [4.69, 9.17) is 4.74 Å². The van der Waals surface area contributed by atoms with Gasteiger partial charge < -0.3 is 14.5 Å². The average Bonchev–Trinajstić information content (AvgIpc) is 3.16. The highest BCUT2D eigenvalue weighted by Crippen LogP contribution is 2.20. The molecule has 0 bridgehead atoms. The Kier molecular flexibility index (Phi) is 4.62. The number of benzene rings is 1. The van der Waals surface area contributed by atoms with Gasteiger partial charge in [0.25, 0.3) is 11.7 Å². The molecular formula is C19H22N6O2. The van der Waals surface area contributed by atoms with Crippen molar-refractivity contribution in [3.8, 4) is 5.75 Å². The third-order valence-electron chi connectivity index (χ3n) is 4.64. The Hall–Kier alpha value is -3.16. The fraction of sp³-hybridized carbons (Fsp3) is 0.368. The van der Waals surface area contributed by atoms with Crippen molar-refractivity contribution in [3.05, 3.63) is 47.9 Å². The van der Waals surface area contributed by atoms with Crippen LogP contribution in [-0.4, -0.2) is 63.2 Å². The SMILES string of the molecule is CCOc1cccc(C(=O)N2CCN(c3cc(C)nc4ncnn34)CC2)c1. The largest absolute Gasteiger partial charge is 0.494 e. The molecule has 0 N–H and O–H groups in total. The number of hydrogen-bond donors (Lipinski definition) is 0. The fourth-order valence-electron chi connectivity index (χ4n) is 3.34. The molecule has 1 saturated heterocycles. The van der Waals surface area contributed by atoms with Crippen LogP contribution in [0.15, 0.2) is 36.7 Å². The van der Waals surface area contributed by atoms with Gasteiger partial charge in [0.05, 0.1) is 6.61 Å². The van der Waals surface area contributed by atoms with Gasteiger partial charge in [0.2, 0.25) is 0 Å². The maximum atomic E-state index is 12.8. The minimum atomic E-state index is 0.0352. The molecule has 0 spiro atoms. The van der Waals surface area contributed by atoms with Gasteiger partial charge in [0.15, 0.2) is 0 Å². The first-order valence-electron chi connectivity index (χ1n) is 9.10. The van der Waals surface area contributed by atoms with Crippen molar-refractivity contribution < 1.29 is 9.53 Å². The molecule has 0 saturated carbocycles. The summed E-state index contributed by atoms with van der Waals surface area (Å²) in [7, 11) is 0. The number of aryl methyl sites for hydroxylation is 1. The Morgan fingerprint density at radius 1 is 1.19 bits per heavy atom. The second kappa shape index (κ2) is 7.22. The predicted octanol–water partition coefficient (Wildman–Crippen LogP) is 1.79. The zero-order valence-electron chi connectivity index (χ0n) is 15.5. The minimum absolute atomic E-state index is 0.0352. The van der Waals surface area contributed by atoms with Gasteiger partial charge in [-0.05, 0) is 32.0 Å². The summed E-state index contributed by atoms with van der Waals surface area (Å²) in [4.78, 5) is 25.5. The number of nitrogens with zero attached hydrogens (tertiary/aromatic N) is 6. The Morgan fingerprint density at radius 2 is 2.00 bits per heavy atom. The first kappa shape index (κ1) is 17.3. The van der Waals surface area contributed by atoms with Gasteiger partial charge >= 0.3 is 0 Å². The van der Waals surface area contributed by atoms with Gasteiger partial charge in [-0.2, -0.15) is 14.6 Å². The number of fused-ring (bicyclic) bond motifs is 1. The molecule has 1 fully saturated rings. The summed E-state index contributed by atoms with van der Waals surface area (Å²) in [5, 5.41) is 4.27. The molecule has 8 heteroatoms. The van der Waals surface area contributed by atoms with Crippen molar-refractivity contribution in [1.82, 2.24) is 24.5 Å². The third kappa shape index (κ3) is 3.42. The average molecular weight is 366 g/mol. The van der Waals surface area contributed by atoms with Crippen LogP contribution < -0.4 is 9.64 Å². The summed E-state index contributed by atoms with van der Waals surface area (Å²) in [6.45, 7) is 7.22. The number of carbonyl (C=O) groups is 1. The zero-order valence-corrected chi connectivity index (χ0v) is 15.5. The van der Waals surface area contributed by atoms with Gasteiger partial charge in [-0.3, -0.25) is 4.79 Å². The molecule has 27 heavy (non-hydrogen) atoms. The molecule has 4 rings (SSSR count). The molecule has 140 valence electrons. The van der Waals surface area contributed by atoms with E-state index in [0.717, 1.165) is 30.4 Å².